The second kappa shape index (κ2) is 6.62. The van der Waals surface area contributed by atoms with Crippen molar-refractivity contribution in [2.24, 2.45) is 16.5 Å². The lowest BCUT2D eigenvalue weighted by Gasteiger charge is -1.96. The first-order valence-corrected chi connectivity index (χ1v) is 5.43. The number of halogens is 1. The van der Waals surface area contributed by atoms with Crippen LogP contribution in [0.15, 0.2) is 32.2 Å². The van der Waals surface area contributed by atoms with Gasteiger partial charge in [-0.2, -0.15) is 9.98 Å². The Hall–Kier alpha value is -2.48. The Morgan fingerprint density at radius 1 is 1.45 bits per heavy atom. The molecule has 0 fully saturated rings. The van der Waals surface area contributed by atoms with Gasteiger partial charge in [-0.1, -0.05) is 0 Å². The molecule has 0 unspecified atom stereocenters. The number of aliphatic imine (C=N–C) groups is 1. The van der Waals surface area contributed by atoms with Gasteiger partial charge in [0.05, 0.1) is 6.54 Å². The summed E-state index contributed by atoms with van der Waals surface area (Å²) >= 11 is 0. The van der Waals surface area contributed by atoms with E-state index in [4.69, 9.17) is 20.3 Å². The van der Waals surface area contributed by atoms with Gasteiger partial charge in [0.1, 0.15) is 17.7 Å². The van der Waals surface area contributed by atoms with E-state index in [1.54, 1.807) is 12.1 Å². The monoisotopic (exact) mass is 299 g/mol. The van der Waals surface area contributed by atoms with E-state index < -0.39 is 0 Å². The number of furan rings is 1. The largest absolute Gasteiger partial charge is 0.457 e. The molecule has 2 heterocycles. The highest BCUT2D eigenvalue weighted by Gasteiger charge is 2.10. The van der Waals surface area contributed by atoms with Crippen molar-refractivity contribution in [2.75, 3.05) is 0 Å². The van der Waals surface area contributed by atoms with Crippen LogP contribution < -0.4 is 16.8 Å². The molecule has 2 aromatic rings. The van der Waals surface area contributed by atoms with Crippen molar-refractivity contribution in [3.63, 3.8) is 0 Å². The van der Waals surface area contributed by atoms with Gasteiger partial charge in [-0.3, -0.25) is 4.79 Å². The van der Waals surface area contributed by atoms with E-state index >= 15 is 0 Å². The number of hydrogen-bond donors (Lipinski definition) is 3. The van der Waals surface area contributed by atoms with Gasteiger partial charge < -0.3 is 25.6 Å². The first kappa shape index (κ1) is 15.6. The molecule has 0 bridgehead atoms. The van der Waals surface area contributed by atoms with Crippen molar-refractivity contribution in [3.05, 3.63) is 24.2 Å². The van der Waals surface area contributed by atoms with E-state index in [1.165, 1.54) is 13.2 Å². The van der Waals surface area contributed by atoms with Gasteiger partial charge in [0.25, 0.3) is 0 Å². The lowest BCUT2D eigenvalue weighted by atomic mass is 10.3. The van der Waals surface area contributed by atoms with Gasteiger partial charge in [-0.15, -0.1) is 12.4 Å². The maximum Gasteiger partial charge on any atom is 0.325 e. The third kappa shape index (κ3) is 4.02. The average molecular weight is 300 g/mol. The number of aromatic nitrogens is 1. The van der Waals surface area contributed by atoms with Crippen LogP contribution in [0.1, 0.15) is 12.7 Å². The van der Waals surface area contributed by atoms with Crippen molar-refractivity contribution < 1.29 is 13.6 Å². The molecular weight excluding hydrogens is 286 g/mol. The summed E-state index contributed by atoms with van der Waals surface area (Å²) in [5, 5.41) is 2.63. The van der Waals surface area contributed by atoms with E-state index in [0.717, 1.165) is 0 Å². The van der Waals surface area contributed by atoms with Gasteiger partial charge in [0, 0.05) is 6.92 Å². The van der Waals surface area contributed by atoms with E-state index in [2.05, 4.69) is 15.3 Å². The Morgan fingerprint density at radius 3 is 2.85 bits per heavy atom. The molecule has 9 heteroatoms. The molecule has 0 spiro atoms. The summed E-state index contributed by atoms with van der Waals surface area (Å²) in [7, 11) is 0. The van der Waals surface area contributed by atoms with Crippen molar-refractivity contribution in [3.8, 4) is 11.5 Å². The highest BCUT2D eigenvalue weighted by molar-refractivity contribution is 5.85. The van der Waals surface area contributed by atoms with Crippen LogP contribution in [0, 0.1) is 0 Å². The topological polar surface area (TPSA) is 133 Å². The standard InChI is InChI=1S/C11H13N5O3.ClH/c1-6(17)14-4-7-2-3-9(19-7)8-5-18-11(15-8)16-10(12)13;/h2-3,5H,4H2,1H3,(H,14,17)(H4,12,13,15,16);1H. The molecule has 20 heavy (non-hydrogen) atoms. The minimum Gasteiger partial charge on any atom is -0.457 e. The molecule has 0 aliphatic rings. The first-order chi connectivity index (χ1) is 9.04. The third-order valence-corrected chi connectivity index (χ3v) is 2.14. The van der Waals surface area contributed by atoms with Gasteiger partial charge in [-0.05, 0) is 12.1 Å². The summed E-state index contributed by atoms with van der Waals surface area (Å²) < 4.78 is 10.5. The van der Waals surface area contributed by atoms with Gasteiger partial charge in [0.2, 0.25) is 5.91 Å². The Kier molecular flexibility index (Phi) is 5.15. The van der Waals surface area contributed by atoms with Crippen LogP contribution in [0.5, 0.6) is 0 Å². The molecule has 0 aliphatic heterocycles. The van der Waals surface area contributed by atoms with E-state index in [1.807, 2.05) is 0 Å². The molecule has 0 saturated carbocycles. The zero-order valence-electron chi connectivity index (χ0n) is 10.6. The second-order valence-corrected chi connectivity index (χ2v) is 3.73. The summed E-state index contributed by atoms with van der Waals surface area (Å²) in [6.45, 7) is 1.75. The van der Waals surface area contributed by atoms with Crippen LogP contribution in [0.2, 0.25) is 0 Å². The van der Waals surface area contributed by atoms with E-state index in [9.17, 15) is 4.79 Å². The Balaban J connectivity index is 0.00000200. The zero-order valence-corrected chi connectivity index (χ0v) is 11.4. The molecule has 108 valence electrons. The summed E-state index contributed by atoms with van der Waals surface area (Å²) in [5.74, 6) is 0.839. The molecule has 1 amide bonds. The number of rotatable bonds is 4. The maximum atomic E-state index is 10.8. The fraction of sp³-hybridized carbons (Fsp3) is 0.182. The van der Waals surface area contributed by atoms with Crippen LogP contribution in [-0.2, 0) is 11.3 Å². The molecule has 0 radical (unpaired) electrons. The number of hydrogen-bond acceptors (Lipinski definition) is 5. The Morgan fingerprint density at radius 2 is 2.20 bits per heavy atom. The van der Waals surface area contributed by atoms with Gasteiger partial charge in [0.15, 0.2) is 11.7 Å². The number of guanidine groups is 1. The van der Waals surface area contributed by atoms with Crippen LogP contribution in [0.25, 0.3) is 11.5 Å². The number of nitrogens with zero attached hydrogens (tertiary/aromatic N) is 2. The number of nitrogens with two attached hydrogens (primary N) is 2. The van der Waals surface area contributed by atoms with Crippen LogP contribution in [0.3, 0.4) is 0 Å². The number of nitrogens with one attached hydrogen (secondary N) is 1. The quantitative estimate of drug-likeness (QED) is 0.567. The molecule has 2 rings (SSSR count). The average Bonchev–Trinajstić information content (AvgIpc) is 2.93. The van der Waals surface area contributed by atoms with Crippen molar-refractivity contribution in [2.45, 2.75) is 13.5 Å². The van der Waals surface area contributed by atoms with Crippen molar-refractivity contribution >= 4 is 30.3 Å². The fourth-order valence-electron chi connectivity index (χ4n) is 1.36. The van der Waals surface area contributed by atoms with Crippen LogP contribution in [-0.4, -0.2) is 16.9 Å². The highest BCUT2D eigenvalue weighted by Crippen LogP contribution is 2.24. The molecule has 8 nitrogen and oxygen atoms in total. The summed E-state index contributed by atoms with van der Waals surface area (Å²) in [6, 6.07) is 3.50. The molecule has 0 aromatic carbocycles. The fourth-order valence-corrected chi connectivity index (χ4v) is 1.36. The number of amides is 1. The van der Waals surface area contributed by atoms with E-state index in [0.29, 0.717) is 23.8 Å². The van der Waals surface area contributed by atoms with Crippen molar-refractivity contribution in [1.82, 2.24) is 10.3 Å². The molecule has 0 aliphatic carbocycles. The van der Waals surface area contributed by atoms with Gasteiger partial charge >= 0.3 is 6.01 Å². The predicted octanol–water partition coefficient (Wildman–Crippen LogP) is 0.897. The second-order valence-electron chi connectivity index (χ2n) is 3.73. The SMILES string of the molecule is CC(=O)NCc1ccc(-c2coc(N=C(N)N)n2)o1.Cl. The Bertz CT molecular complexity index is 615. The highest BCUT2D eigenvalue weighted by atomic mass is 35.5. The van der Waals surface area contributed by atoms with Crippen molar-refractivity contribution in [1.29, 1.82) is 0 Å². The van der Waals surface area contributed by atoms with E-state index in [-0.39, 0.29) is 30.3 Å². The predicted molar refractivity (Wildman–Crippen MR) is 74.4 cm³/mol. The number of carbonyl (C=O) groups is 1. The summed E-state index contributed by atoms with van der Waals surface area (Å²) in [5.41, 5.74) is 10.9. The molecule has 5 N–H and O–H groups in total. The molecule has 2 aromatic heterocycles. The normalized spacial score (nSPS) is 9.65. The maximum absolute atomic E-state index is 10.8. The summed E-state index contributed by atoms with van der Waals surface area (Å²) in [6.07, 6.45) is 1.38. The summed E-state index contributed by atoms with van der Waals surface area (Å²) in [4.78, 5) is 18.5. The smallest absolute Gasteiger partial charge is 0.325 e. The molecule has 0 saturated heterocycles. The van der Waals surface area contributed by atoms with Crippen LogP contribution >= 0.6 is 12.4 Å². The third-order valence-electron chi connectivity index (χ3n) is 2.14. The zero-order chi connectivity index (χ0) is 13.8. The number of carbonyl (C=O) groups excluding carboxylic acids is 1. The first-order valence-electron chi connectivity index (χ1n) is 5.43. The lowest BCUT2D eigenvalue weighted by Crippen LogP contribution is -2.21. The minimum absolute atomic E-state index is 0. The van der Waals surface area contributed by atoms with Crippen LogP contribution in [0.4, 0.5) is 6.01 Å². The lowest BCUT2D eigenvalue weighted by molar-refractivity contribution is -0.119. The Labute approximate surface area is 120 Å². The van der Waals surface area contributed by atoms with Gasteiger partial charge in [-0.25, -0.2) is 0 Å². The molecule has 0 atom stereocenters. The molecular formula is C11H14ClN5O3. The minimum atomic E-state index is -0.140. The number of oxazole rings is 1.